The van der Waals surface area contributed by atoms with E-state index < -0.39 is 5.41 Å². The number of hydrogen-bond donors (Lipinski definition) is 2. The number of aryl methyl sites for hydroxylation is 1. The largest absolute Gasteiger partial charge is 0.439 e. The average Bonchev–Trinajstić information content (AvgIpc) is 2.65. The van der Waals surface area contributed by atoms with Crippen molar-refractivity contribution in [3.8, 4) is 11.6 Å². The third kappa shape index (κ3) is 4.15. The molecule has 0 bridgehead atoms. The number of nitrogens with two attached hydrogens (primary N) is 1. The molecule has 0 saturated carbocycles. The lowest BCUT2D eigenvalue weighted by Crippen LogP contribution is -2.46. The first kappa shape index (κ1) is 17.4. The molecule has 132 valence electrons. The summed E-state index contributed by atoms with van der Waals surface area (Å²) in [7, 11) is 0. The number of anilines is 1. The summed E-state index contributed by atoms with van der Waals surface area (Å²) < 4.78 is 11.0. The van der Waals surface area contributed by atoms with Crippen molar-refractivity contribution in [2.75, 3.05) is 25.1 Å². The topological polar surface area (TPSA) is 86.5 Å². The molecular weight excluding hydrogens is 318 g/mol. The fourth-order valence-electron chi connectivity index (χ4n) is 2.79. The maximum Gasteiger partial charge on any atom is 0.232 e. The number of ether oxygens (including phenoxy) is 2. The zero-order chi connectivity index (χ0) is 17.7. The number of hydrogen-bond acceptors (Lipinski definition) is 5. The summed E-state index contributed by atoms with van der Waals surface area (Å²) in [6.45, 7) is 3.45. The van der Waals surface area contributed by atoms with Crippen LogP contribution < -0.4 is 15.8 Å². The molecule has 1 saturated heterocycles. The normalized spacial score (nSPS) is 16.2. The molecule has 0 atom stereocenters. The van der Waals surface area contributed by atoms with Crippen molar-refractivity contribution in [1.29, 1.82) is 0 Å². The molecule has 6 heteroatoms. The molecule has 6 nitrogen and oxygen atoms in total. The molecule has 3 N–H and O–H groups in total. The number of nitrogens with one attached hydrogen (secondary N) is 1. The van der Waals surface area contributed by atoms with Crippen LogP contribution in [-0.2, 0) is 9.53 Å². The monoisotopic (exact) mass is 341 g/mol. The van der Waals surface area contributed by atoms with Gasteiger partial charge in [-0.25, -0.2) is 4.98 Å². The van der Waals surface area contributed by atoms with Gasteiger partial charge in [-0.15, -0.1) is 0 Å². The molecule has 3 rings (SSSR count). The summed E-state index contributed by atoms with van der Waals surface area (Å²) in [6.07, 6.45) is 2.86. The van der Waals surface area contributed by atoms with E-state index in [0.717, 1.165) is 5.75 Å². The number of carbonyl (C=O) groups is 1. The molecule has 0 spiro atoms. The highest BCUT2D eigenvalue weighted by atomic mass is 16.5. The molecule has 2 aromatic rings. The molecule has 1 aliphatic heterocycles. The van der Waals surface area contributed by atoms with Crippen molar-refractivity contribution in [1.82, 2.24) is 4.98 Å². The molecule has 0 aliphatic carbocycles. The molecule has 0 radical (unpaired) electrons. The van der Waals surface area contributed by atoms with Crippen LogP contribution in [0.1, 0.15) is 18.4 Å². The minimum Gasteiger partial charge on any atom is -0.439 e. The third-order valence-electron chi connectivity index (χ3n) is 4.56. The number of rotatable bonds is 5. The molecular formula is C19H23N3O3. The summed E-state index contributed by atoms with van der Waals surface area (Å²) >= 11 is 0. The summed E-state index contributed by atoms with van der Waals surface area (Å²) in [5, 5.41) is 2.91. The van der Waals surface area contributed by atoms with Gasteiger partial charge in [-0.3, -0.25) is 4.79 Å². The van der Waals surface area contributed by atoms with E-state index >= 15 is 0 Å². The predicted molar refractivity (Wildman–Crippen MR) is 95.7 cm³/mol. The van der Waals surface area contributed by atoms with Gasteiger partial charge in [0.05, 0.1) is 17.3 Å². The van der Waals surface area contributed by atoms with E-state index in [0.29, 0.717) is 44.2 Å². The lowest BCUT2D eigenvalue weighted by molar-refractivity contribution is -0.130. The Kier molecular flexibility index (Phi) is 5.31. The van der Waals surface area contributed by atoms with Gasteiger partial charge in [0, 0.05) is 25.8 Å². The van der Waals surface area contributed by atoms with E-state index in [1.165, 1.54) is 5.56 Å². The summed E-state index contributed by atoms with van der Waals surface area (Å²) in [4.78, 5) is 16.9. The fraction of sp³-hybridized carbons (Fsp3) is 0.368. The smallest absolute Gasteiger partial charge is 0.232 e. The Morgan fingerprint density at radius 3 is 2.56 bits per heavy atom. The van der Waals surface area contributed by atoms with E-state index in [2.05, 4.69) is 10.3 Å². The molecule has 2 heterocycles. The van der Waals surface area contributed by atoms with Gasteiger partial charge >= 0.3 is 0 Å². The predicted octanol–water partition coefficient (Wildman–Crippen LogP) is 2.88. The Hall–Kier alpha value is -2.44. The summed E-state index contributed by atoms with van der Waals surface area (Å²) in [5.74, 6) is 1.12. The van der Waals surface area contributed by atoms with Crippen LogP contribution in [0.15, 0.2) is 42.6 Å². The summed E-state index contributed by atoms with van der Waals surface area (Å²) in [6, 6.07) is 11.2. The van der Waals surface area contributed by atoms with Crippen LogP contribution >= 0.6 is 0 Å². The van der Waals surface area contributed by atoms with Crippen LogP contribution in [0.25, 0.3) is 0 Å². The van der Waals surface area contributed by atoms with Gasteiger partial charge in [0.1, 0.15) is 5.75 Å². The highest BCUT2D eigenvalue weighted by Crippen LogP contribution is 2.31. The third-order valence-corrected chi connectivity index (χ3v) is 4.56. The van der Waals surface area contributed by atoms with Crippen LogP contribution in [-0.4, -0.2) is 30.6 Å². The Balaban J connectivity index is 1.63. The minimum absolute atomic E-state index is 0.0766. The second-order valence-electron chi connectivity index (χ2n) is 6.35. The molecule has 25 heavy (non-hydrogen) atoms. The lowest BCUT2D eigenvalue weighted by Gasteiger charge is -2.34. The SMILES string of the molecule is Cc1ccc(Oc2ccc(NC(=O)C3(CN)CCOCC3)cn2)cc1. The Labute approximate surface area is 147 Å². The van der Waals surface area contributed by atoms with E-state index in [1.807, 2.05) is 31.2 Å². The van der Waals surface area contributed by atoms with Crippen LogP contribution in [0.3, 0.4) is 0 Å². The van der Waals surface area contributed by atoms with Gasteiger partial charge in [0.2, 0.25) is 11.8 Å². The van der Waals surface area contributed by atoms with Crippen LogP contribution in [0.5, 0.6) is 11.6 Å². The van der Waals surface area contributed by atoms with E-state index in [1.54, 1.807) is 18.3 Å². The maximum atomic E-state index is 12.6. The van der Waals surface area contributed by atoms with Gasteiger partial charge in [-0.2, -0.15) is 0 Å². The number of amides is 1. The van der Waals surface area contributed by atoms with E-state index in [4.69, 9.17) is 15.2 Å². The number of benzene rings is 1. The van der Waals surface area contributed by atoms with Crippen molar-refractivity contribution < 1.29 is 14.3 Å². The lowest BCUT2D eigenvalue weighted by atomic mass is 9.79. The van der Waals surface area contributed by atoms with Crippen molar-refractivity contribution >= 4 is 11.6 Å². The first-order valence-corrected chi connectivity index (χ1v) is 8.41. The number of nitrogens with zero attached hydrogens (tertiary/aromatic N) is 1. The van der Waals surface area contributed by atoms with Crippen molar-refractivity contribution in [2.45, 2.75) is 19.8 Å². The molecule has 0 unspecified atom stereocenters. The highest BCUT2D eigenvalue weighted by Gasteiger charge is 2.38. The molecule has 1 amide bonds. The van der Waals surface area contributed by atoms with Gasteiger partial charge in [0.25, 0.3) is 0 Å². The first-order chi connectivity index (χ1) is 12.1. The average molecular weight is 341 g/mol. The van der Waals surface area contributed by atoms with Crippen LogP contribution in [0.4, 0.5) is 5.69 Å². The molecule has 1 aromatic carbocycles. The van der Waals surface area contributed by atoms with Gasteiger partial charge in [0.15, 0.2) is 0 Å². The van der Waals surface area contributed by atoms with E-state index in [-0.39, 0.29) is 5.91 Å². The summed E-state index contributed by atoms with van der Waals surface area (Å²) in [5.41, 5.74) is 7.09. The van der Waals surface area contributed by atoms with Gasteiger partial charge < -0.3 is 20.5 Å². The van der Waals surface area contributed by atoms with Gasteiger partial charge in [-0.05, 0) is 38.0 Å². The number of aromatic nitrogens is 1. The fourth-order valence-corrected chi connectivity index (χ4v) is 2.79. The van der Waals surface area contributed by atoms with E-state index in [9.17, 15) is 4.79 Å². The van der Waals surface area contributed by atoms with Crippen molar-refractivity contribution in [3.63, 3.8) is 0 Å². The second-order valence-corrected chi connectivity index (χ2v) is 6.35. The van der Waals surface area contributed by atoms with Gasteiger partial charge in [-0.1, -0.05) is 17.7 Å². The molecule has 1 fully saturated rings. The quantitative estimate of drug-likeness (QED) is 0.873. The van der Waals surface area contributed by atoms with Crippen LogP contribution in [0.2, 0.25) is 0 Å². The number of carbonyl (C=O) groups excluding carboxylic acids is 1. The van der Waals surface area contributed by atoms with Crippen molar-refractivity contribution in [3.05, 3.63) is 48.2 Å². The number of pyridine rings is 1. The Morgan fingerprint density at radius 1 is 1.24 bits per heavy atom. The zero-order valence-corrected chi connectivity index (χ0v) is 14.3. The highest BCUT2D eigenvalue weighted by molar-refractivity contribution is 5.95. The standard InChI is InChI=1S/C19H23N3O3/c1-14-2-5-16(6-3-14)25-17-7-4-15(12-21-17)22-18(23)19(13-20)8-10-24-11-9-19/h2-7,12H,8-11,13,20H2,1H3,(H,22,23). The first-order valence-electron chi connectivity index (χ1n) is 8.41. The Bertz CT molecular complexity index is 708. The van der Waals surface area contributed by atoms with Crippen molar-refractivity contribution in [2.24, 2.45) is 11.1 Å². The maximum absolute atomic E-state index is 12.6. The molecule has 1 aliphatic rings. The molecule has 1 aromatic heterocycles. The second kappa shape index (κ2) is 7.63. The zero-order valence-electron chi connectivity index (χ0n) is 14.3. The Morgan fingerprint density at radius 2 is 1.96 bits per heavy atom. The van der Waals surface area contributed by atoms with Crippen LogP contribution in [0, 0.1) is 12.3 Å². The minimum atomic E-state index is -0.560.